The summed E-state index contributed by atoms with van der Waals surface area (Å²) in [6.45, 7) is 0. The molecular weight excluding hydrogens is 220 g/mol. The molecule has 0 aliphatic rings. The minimum atomic E-state index is -1.06. The summed E-state index contributed by atoms with van der Waals surface area (Å²) in [5.74, 6) is 0. The van der Waals surface area contributed by atoms with Crippen molar-refractivity contribution in [1.82, 2.24) is 9.10 Å². The van der Waals surface area contributed by atoms with Crippen LogP contribution in [0.1, 0.15) is 0 Å². The van der Waals surface area contributed by atoms with Gasteiger partial charge in [-0.2, -0.15) is 4.37 Å². The standard InChI is InChI=1S/C8H6N2O2S2/c11-8(12)10-14-7-5-3-1-2-4-6(5)13-9-7/h1-4,10H,(H,11,12). The fourth-order valence-electron chi connectivity index (χ4n) is 1.03. The van der Waals surface area contributed by atoms with Crippen LogP contribution in [0, 0.1) is 0 Å². The Morgan fingerprint density at radius 1 is 1.50 bits per heavy atom. The molecule has 72 valence electrons. The summed E-state index contributed by atoms with van der Waals surface area (Å²) in [6, 6.07) is 7.71. The molecule has 2 N–H and O–H groups in total. The van der Waals surface area contributed by atoms with Crippen LogP contribution in [0.15, 0.2) is 29.3 Å². The molecular formula is C8H6N2O2S2. The first kappa shape index (κ1) is 9.29. The Balaban J connectivity index is 2.29. The second-order valence-electron chi connectivity index (χ2n) is 2.49. The molecule has 0 unspecified atom stereocenters. The van der Waals surface area contributed by atoms with E-state index >= 15 is 0 Å². The normalized spacial score (nSPS) is 10.3. The lowest BCUT2D eigenvalue weighted by molar-refractivity contribution is 0.202. The monoisotopic (exact) mass is 226 g/mol. The van der Waals surface area contributed by atoms with E-state index in [0.29, 0.717) is 5.03 Å². The summed E-state index contributed by atoms with van der Waals surface area (Å²) in [7, 11) is 0. The minimum absolute atomic E-state index is 0.702. The van der Waals surface area contributed by atoms with Crippen LogP contribution in [-0.4, -0.2) is 15.6 Å². The average molecular weight is 226 g/mol. The molecule has 2 rings (SSSR count). The first-order valence-electron chi connectivity index (χ1n) is 3.77. The third-order valence-electron chi connectivity index (χ3n) is 1.58. The molecule has 4 nitrogen and oxygen atoms in total. The number of aromatic nitrogens is 1. The minimum Gasteiger partial charge on any atom is -0.464 e. The van der Waals surface area contributed by atoms with Crippen LogP contribution in [-0.2, 0) is 0 Å². The molecule has 0 saturated carbocycles. The Bertz CT molecular complexity index is 469. The lowest BCUT2D eigenvalue weighted by atomic mass is 10.3. The number of hydrogen-bond acceptors (Lipinski definition) is 4. The van der Waals surface area contributed by atoms with E-state index in [1.807, 2.05) is 24.3 Å². The highest BCUT2D eigenvalue weighted by molar-refractivity contribution is 7.98. The number of benzene rings is 1. The SMILES string of the molecule is O=C(O)NSc1nsc2ccccc12. The maximum Gasteiger partial charge on any atom is 0.415 e. The van der Waals surface area contributed by atoms with Gasteiger partial charge in [0.1, 0.15) is 5.03 Å². The smallest absolute Gasteiger partial charge is 0.415 e. The van der Waals surface area contributed by atoms with Crippen LogP contribution in [0.4, 0.5) is 4.79 Å². The van der Waals surface area contributed by atoms with E-state index in [2.05, 4.69) is 9.10 Å². The first-order chi connectivity index (χ1) is 6.77. The van der Waals surface area contributed by atoms with Crippen LogP contribution in [0.25, 0.3) is 10.1 Å². The Morgan fingerprint density at radius 2 is 2.29 bits per heavy atom. The van der Waals surface area contributed by atoms with Gasteiger partial charge in [-0.15, -0.1) is 0 Å². The van der Waals surface area contributed by atoms with Crippen LogP contribution in [0.5, 0.6) is 0 Å². The summed E-state index contributed by atoms with van der Waals surface area (Å²) in [4.78, 5) is 10.3. The molecule has 1 amide bonds. The van der Waals surface area contributed by atoms with Crippen LogP contribution < -0.4 is 4.72 Å². The molecule has 1 aromatic heterocycles. The van der Waals surface area contributed by atoms with Gasteiger partial charge in [-0.25, -0.2) is 4.79 Å². The highest BCUT2D eigenvalue weighted by Crippen LogP contribution is 2.28. The van der Waals surface area contributed by atoms with E-state index in [1.54, 1.807) is 0 Å². The van der Waals surface area contributed by atoms with E-state index < -0.39 is 6.09 Å². The summed E-state index contributed by atoms with van der Waals surface area (Å²) in [5, 5.41) is 10.1. The van der Waals surface area contributed by atoms with Crippen LogP contribution >= 0.6 is 23.5 Å². The van der Waals surface area contributed by atoms with E-state index in [0.717, 1.165) is 22.0 Å². The zero-order chi connectivity index (χ0) is 9.97. The zero-order valence-corrected chi connectivity index (χ0v) is 8.56. The summed E-state index contributed by atoms with van der Waals surface area (Å²) >= 11 is 2.38. The van der Waals surface area contributed by atoms with Gasteiger partial charge in [0.05, 0.1) is 4.70 Å². The molecule has 1 heterocycles. The number of carboxylic acid groups (broad SMARTS) is 1. The quantitative estimate of drug-likeness (QED) is 0.772. The van der Waals surface area contributed by atoms with Crippen molar-refractivity contribution in [3.63, 3.8) is 0 Å². The summed E-state index contributed by atoms with van der Waals surface area (Å²) < 4.78 is 7.42. The fourth-order valence-corrected chi connectivity index (χ4v) is 2.51. The number of rotatable bonds is 2. The zero-order valence-electron chi connectivity index (χ0n) is 6.93. The highest BCUT2D eigenvalue weighted by atomic mass is 32.2. The largest absolute Gasteiger partial charge is 0.464 e. The molecule has 0 radical (unpaired) electrons. The van der Waals surface area contributed by atoms with Gasteiger partial charge in [-0.05, 0) is 17.6 Å². The van der Waals surface area contributed by atoms with Gasteiger partial charge < -0.3 is 5.11 Å². The summed E-state index contributed by atoms with van der Waals surface area (Å²) in [5.41, 5.74) is 0. The van der Waals surface area contributed by atoms with Crippen molar-refractivity contribution in [2.75, 3.05) is 0 Å². The van der Waals surface area contributed by atoms with Gasteiger partial charge in [-0.3, -0.25) is 4.72 Å². The van der Waals surface area contributed by atoms with Crippen LogP contribution in [0.2, 0.25) is 0 Å². The van der Waals surface area contributed by atoms with Gasteiger partial charge in [-0.1, -0.05) is 18.2 Å². The van der Waals surface area contributed by atoms with Crippen molar-refractivity contribution in [3.05, 3.63) is 24.3 Å². The second-order valence-corrected chi connectivity index (χ2v) is 4.09. The number of hydrogen-bond donors (Lipinski definition) is 2. The highest BCUT2D eigenvalue weighted by Gasteiger charge is 2.06. The van der Waals surface area contributed by atoms with Crippen molar-refractivity contribution in [1.29, 1.82) is 0 Å². The molecule has 0 bridgehead atoms. The van der Waals surface area contributed by atoms with Gasteiger partial charge in [0, 0.05) is 17.3 Å². The molecule has 6 heteroatoms. The summed E-state index contributed by atoms with van der Waals surface area (Å²) in [6.07, 6.45) is -1.06. The number of nitrogens with zero attached hydrogens (tertiary/aromatic N) is 1. The number of fused-ring (bicyclic) bond motifs is 1. The predicted molar refractivity (Wildman–Crippen MR) is 56.6 cm³/mol. The molecule has 14 heavy (non-hydrogen) atoms. The second kappa shape index (κ2) is 3.85. The number of carbonyl (C=O) groups is 1. The Kier molecular flexibility index (Phi) is 2.55. The molecule has 0 atom stereocenters. The molecule has 0 aliphatic carbocycles. The lowest BCUT2D eigenvalue weighted by Crippen LogP contribution is -2.11. The average Bonchev–Trinajstić information content (AvgIpc) is 2.58. The van der Waals surface area contributed by atoms with Crippen molar-refractivity contribution in [3.8, 4) is 0 Å². The number of nitrogens with one attached hydrogen (secondary N) is 1. The predicted octanol–water partition coefficient (Wildman–Crippen LogP) is 2.57. The molecule has 0 saturated heterocycles. The van der Waals surface area contributed by atoms with E-state index in [9.17, 15) is 4.79 Å². The van der Waals surface area contributed by atoms with Crippen LogP contribution in [0.3, 0.4) is 0 Å². The van der Waals surface area contributed by atoms with E-state index in [1.165, 1.54) is 11.5 Å². The molecule has 0 aliphatic heterocycles. The third kappa shape index (κ3) is 1.80. The van der Waals surface area contributed by atoms with Gasteiger partial charge in [0.15, 0.2) is 0 Å². The Morgan fingerprint density at radius 3 is 3.07 bits per heavy atom. The molecule has 1 aromatic carbocycles. The van der Waals surface area contributed by atoms with Crippen molar-refractivity contribution < 1.29 is 9.90 Å². The maximum absolute atomic E-state index is 10.3. The van der Waals surface area contributed by atoms with Crippen molar-refractivity contribution in [2.45, 2.75) is 5.03 Å². The van der Waals surface area contributed by atoms with Crippen molar-refractivity contribution >= 4 is 39.7 Å². The van der Waals surface area contributed by atoms with Gasteiger partial charge in [0.2, 0.25) is 0 Å². The van der Waals surface area contributed by atoms with Gasteiger partial charge in [0.25, 0.3) is 0 Å². The molecule has 0 fully saturated rings. The molecule has 2 aromatic rings. The van der Waals surface area contributed by atoms with Gasteiger partial charge >= 0.3 is 6.09 Å². The Hall–Kier alpha value is -1.27. The van der Waals surface area contributed by atoms with Crippen molar-refractivity contribution in [2.24, 2.45) is 0 Å². The maximum atomic E-state index is 10.3. The number of amides is 1. The first-order valence-corrected chi connectivity index (χ1v) is 5.36. The lowest BCUT2D eigenvalue weighted by Gasteiger charge is -1.95. The van der Waals surface area contributed by atoms with E-state index in [4.69, 9.17) is 5.11 Å². The third-order valence-corrected chi connectivity index (χ3v) is 3.30. The Labute approximate surface area is 88.2 Å². The topological polar surface area (TPSA) is 62.2 Å². The fraction of sp³-hybridized carbons (Fsp3) is 0. The van der Waals surface area contributed by atoms with E-state index in [-0.39, 0.29) is 0 Å². The molecule has 0 spiro atoms.